The normalized spacial score (nSPS) is 12.9. The molecule has 0 radical (unpaired) electrons. The molecule has 2 aromatic heterocycles. The van der Waals surface area contributed by atoms with Crippen LogP contribution in [0.15, 0.2) is 66.0 Å². The molecule has 2 aromatic carbocycles. The van der Waals surface area contributed by atoms with Crippen LogP contribution in [0.4, 0.5) is 8.78 Å². The number of hydrogen-bond donors (Lipinski definition) is 3. The van der Waals surface area contributed by atoms with Crippen molar-refractivity contribution >= 4 is 17.2 Å². The molecule has 0 aliphatic heterocycles. The van der Waals surface area contributed by atoms with E-state index in [2.05, 4.69) is 34.8 Å². The maximum absolute atomic E-state index is 13.9. The lowest BCUT2D eigenvalue weighted by Crippen LogP contribution is -2.49. The number of hydrogen-bond acceptors (Lipinski definition) is 5. The Morgan fingerprint density at radius 3 is 2.47 bits per heavy atom. The summed E-state index contributed by atoms with van der Waals surface area (Å²) in [4.78, 5) is 14.3. The van der Waals surface area contributed by atoms with Gasteiger partial charge in [0.05, 0.1) is 17.0 Å². The Morgan fingerprint density at radius 2 is 1.79 bits per heavy atom. The highest BCUT2D eigenvalue weighted by Crippen LogP contribution is 2.24. The second kappa shape index (κ2) is 12.9. The van der Waals surface area contributed by atoms with Gasteiger partial charge >= 0.3 is 0 Å². The van der Waals surface area contributed by atoms with Gasteiger partial charge in [0.1, 0.15) is 23.0 Å². The zero-order valence-electron chi connectivity index (χ0n) is 21.5. The van der Waals surface area contributed by atoms with E-state index in [0.717, 1.165) is 22.9 Å². The fraction of sp³-hybridized carbons (Fsp3) is 0.310. The van der Waals surface area contributed by atoms with E-state index >= 15 is 0 Å². The van der Waals surface area contributed by atoms with Gasteiger partial charge in [0.25, 0.3) is 5.91 Å². The van der Waals surface area contributed by atoms with Gasteiger partial charge in [-0.05, 0) is 66.1 Å². The average Bonchev–Trinajstić information content (AvgIpc) is 3.58. The molecule has 200 valence electrons. The van der Waals surface area contributed by atoms with E-state index in [4.69, 9.17) is 0 Å². The maximum Gasteiger partial charge on any atom is 0.269 e. The largest absolute Gasteiger partial charge is 0.390 e. The summed E-state index contributed by atoms with van der Waals surface area (Å²) in [6, 6.07) is 16.2. The Bertz CT molecular complexity index is 1340. The number of carbonyl (C=O) groups is 1. The highest BCUT2D eigenvalue weighted by molar-refractivity contribution is 7.13. The quantitative estimate of drug-likeness (QED) is 0.238. The van der Waals surface area contributed by atoms with Gasteiger partial charge in [-0.15, -0.1) is 11.3 Å². The molecule has 1 amide bonds. The van der Waals surface area contributed by atoms with Gasteiger partial charge in [-0.3, -0.25) is 9.48 Å². The molecule has 0 saturated carbocycles. The number of thiophene rings is 1. The number of nitrogens with zero attached hydrogens (tertiary/aromatic N) is 2. The Morgan fingerprint density at radius 1 is 1.03 bits per heavy atom. The van der Waals surface area contributed by atoms with E-state index in [-0.39, 0.29) is 13.0 Å². The first-order chi connectivity index (χ1) is 18.4. The van der Waals surface area contributed by atoms with Crippen molar-refractivity contribution in [1.82, 2.24) is 20.4 Å². The molecule has 0 spiro atoms. The van der Waals surface area contributed by atoms with Crippen LogP contribution in [0, 0.1) is 11.6 Å². The van der Waals surface area contributed by atoms with Gasteiger partial charge in [0.15, 0.2) is 0 Å². The van der Waals surface area contributed by atoms with Gasteiger partial charge in [0.2, 0.25) is 0 Å². The lowest BCUT2D eigenvalue weighted by Gasteiger charge is -2.25. The van der Waals surface area contributed by atoms with Crippen LogP contribution in [-0.4, -0.2) is 39.5 Å². The molecular formula is C29H32F2N4O2S. The van der Waals surface area contributed by atoms with Crippen LogP contribution in [0.25, 0.3) is 10.6 Å². The number of rotatable bonds is 12. The topological polar surface area (TPSA) is 79.2 Å². The number of benzene rings is 2. The zero-order chi connectivity index (χ0) is 27.1. The number of aromatic nitrogens is 2. The molecule has 0 aliphatic rings. The van der Waals surface area contributed by atoms with Crippen molar-refractivity contribution in [2.45, 2.75) is 51.9 Å². The lowest BCUT2D eigenvalue weighted by atomic mass is 10.00. The molecule has 0 saturated heterocycles. The predicted molar refractivity (Wildman–Crippen MR) is 146 cm³/mol. The summed E-state index contributed by atoms with van der Waals surface area (Å²) in [5.41, 5.74) is 3.68. The summed E-state index contributed by atoms with van der Waals surface area (Å²) in [6.45, 7) is 5.17. The van der Waals surface area contributed by atoms with Crippen molar-refractivity contribution in [2.24, 2.45) is 0 Å². The van der Waals surface area contributed by atoms with Crippen molar-refractivity contribution in [3.63, 3.8) is 0 Å². The van der Waals surface area contributed by atoms with Gasteiger partial charge in [-0.25, -0.2) is 8.78 Å². The van der Waals surface area contributed by atoms with Crippen LogP contribution in [0.3, 0.4) is 0 Å². The zero-order valence-corrected chi connectivity index (χ0v) is 22.3. The predicted octanol–water partition coefficient (Wildman–Crippen LogP) is 4.96. The van der Waals surface area contributed by atoms with E-state index in [1.54, 1.807) is 10.7 Å². The maximum atomic E-state index is 13.9. The molecule has 4 aromatic rings. The number of aryl methyl sites for hydroxylation is 2. The molecule has 2 atom stereocenters. The van der Waals surface area contributed by atoms with E-state index in [0.29, 0.717) is 30.0 Å². The third-order valence-electron chi connectivity index (χ3n) is 6.33. The van der Waals surface area contributed by atoms with E-state index in [9.17, 15) is 18.7 Å². The lowest BCUT2D eigenvalue weighted by molar-refractivity contribution is 0.0820. The highest BCUT2D eigenvalue weighted by Gasteiger charge is 2.25. The first-order valence-electron chi connectivity index (χ1n) is 12.7. The van der Waals surface area contributed by atoms with Crippen molar-refractivity contribution in [1.29, 1.82) is 0 Å². The second-order valence-electron chi connectivity index (χ2n) is 9.14. The number of nitrogens with one attached hydrogen (secondary N) is 2. The number of carbonyl (C=O) groups excluding carboxylic acids is 1. The van der Waals surface area contributed by atoms with Gasteiger partial charge in [0, 0.05) is 25.7 Å². The Hall–Kier alpha value is -3.40. The number of amides is 1. The van der Waals surface area contributed by atoms with Gasteiger partial charge in [-0.1, -0.05) is 37.3 Å². The summed E-state index contributed by atoms with van der Waals surface area (Å²) < 4.78 is 29.4. The average molecular weight is 539 g/mol. The molecule has 3 N–H and O–H groups in total. The van der Waals surface area contributed by atoms with Crippen LogP contribution in [0.5, 0.6) is 0 Å². The molecule has 2 unspecified atom stereocenters. The standard InChI is InChI=1S/C29H32F2N4O2S/c1-3-19-7-5-8-20(11-19)17-32-18-27(36)24(14-21-12-22(30)15-23(31)13-21)33-29(37)26-16-25(34-35(26)4-2)28-9-6-10-38-28/h5-13,15-16,24,27,32,36H,3-4,14,17-18H2,1-2H3,(H,33,37). The molecule has 0 bridgehead atoms. The van der Waals surface area contributed by atoms with Crippen molar-refractivity contribution < 1.29 is 18.7 Å². The van der Waals surface area contributed by atoms with E-state index in [1.807, 2.05) is 36.6 Å². The van der Waals surface area contributed by atoms with Crippen LogP contribution in [0.2, 0.25) is 0 Å². The van der Waals surface area contributed by atoms with Gasteiger partial charge in [-0.2, -0.15) is 5.10 Å². The first-order valence-corrected chi connectivity index (χ1v) is 13.6. The summed E-state index contributed by atoms with van der Waals surface area (Å²) in [7, 11) is 0. The molecule has 38 heavy (non-hydrogen) atoms. The minimum Gasteiger partial charge on any atom is -0.390 e. The minimum atomic E-state index is -1.02. The smallest absolute Gasteiger partial charge is 0.269 e. The Balaban J connectivity index is 1.51. The second-order valence-corrected chi connectivity index (χ2v) is 10.1. The highest BCUT2D eigenvalue weighted by atomic mass is 32.1. The van der Waals surface area contributed by atoms with Gasteiger partial charge < -0.3 is 15.7 Å². The van der Waals surface area contributed by atoms with Crippen LogP contribution in [-0.2, 0) is 25.9 Å². The molecule has 4 rings (SSSR count). The van der Waals surface area contributed by atoms with E-state index in [1.165, 1.54) is 29.0 Å². The molecule has 0 aliphatic carbocycles. The SMILES string of the molecule is CCc1cccc(CNCC(O)C(Cc2cc(F)cc(F)c2)NC(=O)c2cc(-c3cccs3)nn2CC)c1. The monoisotopic (exact) mass is 538 g/mol. The number of halogens is 2. The Kier molecular flexibility index (Phi) is 9.38. The van der Waals surface area contributed by atoms with E-state index < -0.39 is 29.7 Å². The minimum absolute atomic E-state index is 0.0482. The van der Waals surface area contributed by atoms with Crippen molar-refractivity contribution in [3.8, 4) is 10.6 Å². The summed E-state index contributed by atoms with van der Waals surface area (Å²) >= 11 is 1.53. The van der Waals surface area contributed by atoms with Crippen LogP contribution in [0.1, 0.15) is 41.0 Å². The molecule has 2 heterocycles. The number of aliphatic hydroxyl groups is 1. The van der Waals surface area contributed by atoms with Crippen molar-refractivity contribution in [3.05, 3.63) is 100 Å². The summed E-state index contributed by atoms with van der Waals surface area (Å²) in [6.07, 6.45) is -0.0429. The van der Waals surface area contributed by atoms with Crippen LogP contribution >= 0.6 is 11.3 Å². The number of aliphatic hydroxyl groups excluding tert-OH is 1. The molecular weight excluding hydrogens is 506 g/mol. The first kappa shape index (κ1) is 27.6. The van der Waals surface area contributed by atoms with Crippen molar-refractivity contribution in [2.75, 3.05) is 6.54 Å². The third kappa shape index (κ3) is 7.12. The fourth-order valence-electron chi connectivity index (χ4n) is 4.36. The third-order valence-corrected chi connectivity index (χ3v) is 7.22. The molecule has 9 heteroatoms. The summed E-state index contributed by atoms with van der Waals surface area (Å²) in [5.74, 6) is -1.84. The molecule has 6 nitrogen and oxygen atoms in total. The summed E-state index contributed by atoms with van der Waals surface area (Å²) in [5, 5.41) is 23.7. The molecule has 0 fully saturated rings. The fourth-order valence-corrected chi connectivity index (χ4v) is 5.04. The Labute approximate surface area is 225 Å². The van der Waals surface area contributed by atoms with Crippen LogP contribution < -0.4 is 10.6 Å².